The molecule has 2 rings (SSSR count). The fourth-order valence-electron chi connectivity index (χ4n) is 3.76. The van der Waals surface area contributed by atoms with E-state index in [-0.39, 0.29) is 24.2 Å². The molecule has 0 aromatic heterocycles. The van der Waals surface area contributed by atoms with E-state index >= 15 is 0 Å². The number of epoxide rings is 1. The van der Waals surface area contributed by atoms with Crippen molar-refractivity contribution >= 4 is 0 Å². The summed E-state index contributed by atoms with van der Waals surface area (Å²) in [7, 11) is 3.26. The molecule has 2 aliphatic rings. The van der Waals surface area contributed by atoms with Gasteiger partial charge in [0.05, 0.1) is 30.5 Å². The maximum absolute atomic E-state index is 14.0. The summed E-state index contributed by atoms with van der Waals surface area (Å²) in [5.74, 6) is 0.712. The van der Waals surface area contributed by atoms with Crippen molar-refractivity contribution < 1.29 is 23.3 Å². The molecule has 2 fully saturated rings. The highest BCUT2D eigenvalue weighted by molar-refractivity contribution is 5.14. The van der Waals surface area contributed by atoms with E-state index < -0.39 is 11.8 Å². The van der Waals surface area contributed by atoms with Gasteiger partial charge in [-0.3, -0.25) is 0 Å². The van der Waals surface area contributed by atoms with Crippen molar-refractivity contribution in [1.29, 1.82) is 0 Å². The second-order valence-corrected chi connectivity index (χ2v) is 6.64. The molecule has 1 aliphatic heterocycles. The summed E-state index contributed by atoms with van der Waals surface area (Å²) >= 11 is 0. The maximum atomic E-state index is 14.0. The van der Waals surface area contributed by atoms with Crippen molar-refractivity contribution in [1.82, 2.24) is 0 Å². The van der Waals surface area contributed by atoms with Crippen LogP contribution in [0, 0.1) is 5.92 Å². The van der Waals surface area contributed by atoms with Crippen LogP contribution >= 0.6 is 0 Å². The third-order valence-corrected chi connectivity index (χ3v) is 5.12. The molecule has 0 N–H and O–H groups in total. The first-order valence-corrected chi connectivity index (χ1v) is 8.44. The number of halogens is 1. The Morgan fingerprint density at radius 3 is 2.71 bits per heavy atom. The van der Waals surface area contributed by atoms with E-state index in [1.54, 1.807) is 32.4 Å². The van der Waals surface area contributed by atoms with Crippen molar-refractivity contribution in [3.63, 3.8) is 0 Å². The van der Waals surface area contributed by atoms with Crippen LogP contribution < -0.4 is 0 Å². The van der Waals surface area contributed by atoms with Crippen LogP contribution in [0.5, 0.6) is 0 Å². The molecule has 0 aromatic rings. The van der Waals surface area contributed by atoms with Crippen LogP contribution in [0.1, 0.15) is 26.2 Å². The van der Waals surface area contributed by atoms with Crippen LogP contribution in [-0.2, 0) is 18.9 Å². The van der Waals surface area contributed by atoms with Crippen molar-refractivity contribution in [2.24, 2.45) is 5.92 Å². The molecule has 1 saturated heterocycles. The van der Waals surface area contributed by atoms with Gasteiger partial charge in [-0.2, -0.15) is 0 Å². The van der Waals surface area contributed by atoms with Crippen LogP contribution in [0.25, 0.3) is 0 Å². The number of allylic oxidation sites excluding steroid dienone is 3. The van der Waals surface area contributed by atoms with Gasteiger partial charge in [0.2, 0.25) is 0 Å². The first kappa shape index (κ1) is 19.2. The van der Waals surface area contributed by atoms with Gasteiger partial charge in [0.1, 0.15) is 11.9 Å². The van der Waals surface area contributed by atoms with E-state index in [1.165, 1.54) is 0 Å². The molecule has 24 heavy (non-hydrogen) atoms. The van der Waals surface area contributed by atoms with Gasteiger partial charge in [-0.15, -0.1) is 0 Å². The fourth-order valence-corrected chi connectivity index (χ4v) is 3.76. The Bertz CT molecular complexity index is 478. The summed E-state index contributed by atoms with van der Waals surface area (Å²) < 4.78 is 36.7. The minimum atomic E-state index is -0.907. The Hall–Kier alpha value is -1.17. The van der Waals surface area contributed by atoms with Crippen molar-refractivity contribution in [3.8, 4) is 0 Å². The van der Waals surface area contributed by atoms with Gasteiger partial charge in [0.25, 0.3) is 0 Å². The zero-order chi connectivity index (χ0) is 17.7. The second kappa shape index (κ2) is 8.28. The van der Waals surface area contributed by atoms with Crippen LogP contribution in [0.3, 0.4) is 0 Å². The standard InChI is InChI=1S/C19H29FO4/c1-6-8-14(7-2)23-10-9-15-18(24-15)17-16(21-4)11-13(20)12-19(17,3)22-5/h6-8,13,15-18H,1-2,9-12H2,3-5H3/b14-8+/t13?,15?,16-,17?,18?,19-/m1/s1. The first-order chi connectivity index (χ1) is 11.5. The van der Waals surface area contributed by atoms with Gasteiger partial charge in [-0.05, 0) is 19.1 Å². The number of alkyl halides is 1. The molecule has 0 bridgehead atoms. The average Bonchev–Trinajstić information content (AvgIpc) is 3.31. The van der Waals surface area contributed by atoms with E-state index in [1.807, 2.05) is 6.92 Å². The Morgan fingerprint density at radius 1 is 1.38 bits per heavy atom. The van der Waals surface area contributed by atoms with Crippen LogP contribution in [0.15, 0.2) is 37.1 Å². The normalized spacial score (nSPS) is 39.3. The number of hydrogen-bond acceptors (Lipinski definition) is 4. The summed E-state index contributed by atoms with van der Waals surface area (Å²) in [6, 6.07) is 0. The number of rotatable bonds is 9. The van der Waals surface area contributed by atoms with E-state index in [9.17, 15) is 4.39 Å². The zero-order valence-corrected chi connectivity index (χ0v) is 14.9. The molecule has 0 aromatic carbocycles. The monoisotopic (exact) mass is 340 g/mol. The maximum Gasteiger partial charge on any atom is 0.118 e. The molecule has 5 heteroatoms. The molecule has 1 heterocycles. The van der Waals surface area contributed by atoms with Crippen LogP contribution in [0.2, 0.25) is 0 Å². The van der Waals surface area contributed by atoms with Gasteiger partial charge >= 0.3 is 0 Å². The van der Waals surface area contributed by atoms with Crippen molar-refractivity contribution in [2.45, 2.75) is 56.3 Å². The highest BCUT2D eigenvalue weighted by Gasteiger charge is 2.58. The van der Waals surface area contributed by atoms with Crippen molar-refractivity contribution in [3.05, 3.63) is 37.1 Å². The SMILES string of the molecule is C=C/C=C(\C=C)OCCC1OC1C1[C@H](OC)CC(F)C[C@@]1(C)OC. The predicted molar refractivity (Wildman–Crippen MR) is 91.5 cm³/mol. The lowest BCUT2D eigenvalue weighted by molar-refractivity contribution is -0.150. The summed E-state index contributed by atoms with van der Waals surface area (Å²) in [5.41, 5.74) is -0.576. The lowest BCUT2D eigenvalue weighted by Crippen LogP contribution is -2.53. The molecular weight excluding hydrogens is 311 g/mol. The summed E-state index contributed by atoms with van der Waals surface area (Å²) in [6.07, 6.45) is 5.62. The second-order valence-electron chi connectivity index (χ2n) is 6.64. The number of methoxy groups -OCH3 is 2. The minimum absolute atomic E-state index is 0.0200. The lowest BCUT2D eigenvalue weighted by atomic mass is 9.71. The fraction of sp³-hybridized carbons (Fsp3) is 0.684. The smallest absolute Gasteiger partial charge is 0.118 e. The lowest BCUT2D eigenvalue weighted by Gasteiger charge is -2.45. The van der Waals surface area contributed by atoms with E-state index in [0.29, 0.717) is 25.2 Å². The molecular formula is C19H29FO4. The third kappa shape index (κ3) is 4.26. The summed E-state index contributed by atoms with van der Waals surface area (Å²) in [6.45, 7) is 9.82. The molecule has 1 aliphatic carbocycles. The molecule has 136 valence electrons. The molecule has 4 nitrogen and oxygen atoms in total. The largest absolute Gasteiger partial charge is 0.494 e. The van der Waals surface area contributed by atoms with E-state index in [2.05, 4.69) is 13.2 Å². The van der Waals surface area contributed by atoms with Gasteiger partial charge in [0, 0.05) is 39.4 Å². The first-order valence-electron chi connectivity index (χ1n) is 8.44. The summed E-state index contributed by atoms with van der Waals surface area (Å²) in [4.78, 5) is 0. The predicted octanol–water partition coefficient (Wildman–Crippen LogP) is 3.58. The highest BCUT2D eigenvalue weighted by Crippen LogP contribution is 2.48. The molecule has 1 saturated carbocycles. The Kier molecular flexibility index (Phi) is 6.61. The zero-order valence-electron chi connectivity index (χ0n) is 14.9. The quantitative estimate of drug-likeness (QED) is 0.365. The number of hydrogen-bond donors (Lipinski definition) is 0. The van der Waals surface area contributed by atoms with Gasteiger partial charge in [0.15, 0.2) is 0 Å². The summed E-state index contributed by atoms with van der Waals surface area (Å²) in [5, 5.41) is 0. The Balaban J connectivity index is 1.92. The minimum Gasteiger partial charge on any atom is -0.494 e. The molecule has 0 radical (unpaired) electrons. The Morgan fingerprint density at radius 2 is 2.12 bits per heavy atom. The van der Waals surface area contributed by atoms with E-state index in [0.717, 1.165) is 6.42 Å². The highest BCUT2D eigenvalue weighted by atomic mass is 19.1. The van der Waals surface area contributed by atoms with Gasteiger partial charge in [-0.1, -0.05) is 19.2 Å². The molecule has 4 unspecified atom stereocenters. The Labute approximate surface area is 144 Å². The molecule has 0 amide bonds. The third-order valence-electron chi connectivity index (χ3n) is 5.12. The van der Waals surface area contributed by atoms with Crippen LogP contribution in [-0.4, -0.2) is 50.9 Å². The van der Waals surface area contributed by atoms with Gasteiger partial charge < -0.3 is 18.9 Å². The molecule has 6 atom stereocenters. The molecule has 0 spiro atoms. The average molecular weight is 340 g/mol. The van der Waals surface area contributed by atoms with Gasteiger partial charge in [-0.25, -0.2) is 4.39 Å². The van der Waals surface area contributed by atoms with Crippen molar-refractivity contribution in [2.75, 3.05) is 20.8 Å². The number of ether oxygens (including phenoxy) is 4. The van der Waals surface area contributed by atoms with Crippen LogP contribution in [0.4, 0.5) is 4.39 Å². The van der Waals surface area contributed by atoms with E-state index in [4.69, 9.17) is 18.9 Å². The topological polar surface area (TPSA) is 40.2 Å².